The van der Waals surface area contributed by atoms with Gasteiger partial charge in [0.15, 0.2) is 11.4 Å². The first kappa shape index (κ1) is 10.2. The molecule has 0 aliphatic carbocycles. The first-order chi connectivity index (χ1) is 7.02. The summed E-state index contributed by atoms with van der Waals surface area (Å²) in [5.41, 5.74) is 8.04. The van der Waals surface area contributed by atoms with Crippen molar-refractivity contribution in [2.75, 3.05) is 0 Å². The maximum atomic E-state index is 13.5. The van der Waals surface area contributed by atoms with Crippen molar-refractivity contribution in [2.24, 2.45) is 5.73 Å². The number of aryl methyl sites for hydroxylation is 2. The second-order valence-corrected chi connectivity index (χ2v) is 3.95. The molecule has 2 rings (SSSR count). The van der Waals surface area contributed by atoms with Crippen LogP contribution in [0.2, 0.25) is 0 Å². The molecule has 80 valence electrons. The Morgan fingerprint density at radius 1 is 1.33 bits per heavy atom. The molecule has 3 heteroatoms. The van der Waals surface area contributed by atoms with Crippen LogP contribution in [-0.4, -0.2) is 0 Å². The van der Waals surface area contributed by atoms with Crippen molar-refractivity contribution in [1.82, 2.24) is 0 Å². The fraction of sp³-hybridized carbons (Fsp3) is 0.333. The van der Waals surface area contributed by atoms with Gasteiger partial charge in [-0.1, -0.05) is 6.07 Å². The van der Waals surface area contributed by atoms with E-state index >= 15 is 0 Å². The van der Waals surface area contributed by atoms with Crippen LogP contribution >= 0.6 is 0 Å². The minimum Gasteiger partial charge on any atom is -0.456 e. The Balaban J connectivity index is 2.87. The number of furan rings is 1. The highest BCUT2D eigenvalue weighted by molar-refractivity contribution is 5.86. The molecule has 0 aliphatic rings. The number of hydrogen-bond donors (Lipinski definition) is 1. The third kappa shape index (κ3) is 1.43. The van der Waals surface area contributed by atoms with Gasteiger partial charge in [0.2, 0.25) is 0 Å². The summed E-state index contributed by atoms with van der Waals surface area (Å²) in [4.78, 5) is 0. The molecule has 1 atom stereocenters. The van der Waals surface area contributed by atoms with E-state index < -0.39 is 0 Å². The maximum Gasteiger partial charge on any atom is 0.170 e. The van der Waals surface area contributed by atoms with Crippen LogP contribution in [0.4, 0.5) is 4.39 Å². The van der Waals surface area contributed by atoms with E-state index in [-0.39, 0.29) is 11.9 Å². The molecule has 2 N–H and O–H groups in total. The maximum absolute atomic E-state index is 13.5. The summed E-state index contributed by atoms with van der Waals surface area (Å²) in [5, 5.41) is 0.849. The molecule has 0 fully saturated rings. The van der Waals surface area contributed by atoms with Crippen LogP contribution in [0.15, 0.2) is 16.5 Å². The zero-order chi connectivity index (χ0) is 11.2. The molecule has 0 radical (unpaired) electrons. The fourth-order valence-corrected chi connectivity index (χ4v) is 1.97. The first-order valence-electron chi connectivity index (χ1n) is 4.96. The Morgan fingerprint density at radius 3 is 2.53 bits per heavy atom. The Bertz CT molecular complexity index is 514. The van der Waals surface area contributed by atoms with Crippen molar-refractivity contribution in [3.63, 3.8) is 0 Å². The Hall–Kier alpha value is -1.35. The highest BCUT2D eigenvalue weighted by Crippen LogP contribution is 2.32. The molecule has 1 aromatic heterocycles. The lowest BCUT2D eigenvalue weighted by molar-refractivity contribution is 0.490. The molecule has 0 saturated heterocycles. The summed E-state index contributed by atoms with van der Waals surface area (Å²) in [6.07, 6.45) is 0. The molecule has 0 amide bonds. The highest BCUT2D eigenvalue weighted by Gasteiger charge is 2.17. The summed E-state index contributed by atoms with van der Waals surface area (Å²) < 4.78 is 19.0. The van der Waals surface area contributed by atoms with Gasteiger partial charge in [-0.25, -0.2) is 4.39 Å². The van der Waals surface area contributed by atoms with Gasteiger partial charge in [-0.2, -0.15) is 0 Å². The van der Waals surface area contributed by atoms with Gasteiger partial charge in [0.05, 0.1) is 6.04 Å². The third-order valence-corrected chi connectivity index (χ3v) is 2.69. The van der Waals surface area contributed by atoms with Crippen LogP contribution in [0.3, 0.4) is 0 Å². The highest BCUT2D eigenvalue weighted by atomic mass is 19.1. The van der Waals surface area contributed by atoms with Crippen molar-refractivity contribution >= 4 is 11.0 Å². The minimum atomic E-state index is -0.328. The van der Waals surface area contributed by atoms with Gasteiger partial charge in [0.1, 0.15) is 5.76 Å². The average Bonchev–Trinajstić information content (AvgIpc) is 2.51. The van der Waals surface area contributed by atoms with E-state index in [9.17, 15) is 4.39 Å². The molecule has 0 spiro atoms. The first-order valence-corrected chi connectivity index (χ1v) is 4.96. The standard InChI is InChI=1S/C12H14FNO/c1-6-4-5-9(13)12-10(6)7(2)11(15-12)8(3)14/h4-5,8H,14H2,1-3H3. The monoisotopic (exact) mass is 207 g/mol. The number of nitrogens with two attached hydrogens (primary N) is 1. The lowest BCUT2D eigenvalue weighted by Gasteiger charge is -2.00. The summed E-state index contributed by atoms with van der Waals surface area (Å²) >= 11 is 0. The average molecular weight is 207 g/mol. The predicted octanol–water partition coefficient (Wildman–Crippen LogP) is 3.21. The van der Waals surface area contributed by atoms with E-state index in [1.807, 2.05) is 20.8 Å². The van der Waals surface area contributed by atoms with Crippen LogP contribution < -0.4 is 5.73 Å². The Labute approximate surface area is 87.9 Å². The SMILES string of the molecule is Cc1ccc(F)c2oc(C(C)N)c(C)c12. The quantitative estimate of drug-likeness (QED) is 0.779. The lowest BCUT2D eigenvalue weighted by atomic mass is 10.0. The van der Waals surface area contributed by atoms with E-state index in [1.165, 1.54) is 6.07 Å². The van der Waals surface area contributed by atoms with Gasteiger partial charge in [0, 0.05) is 10.9 Å². The van der Waals surface area contributed by atoms with Gasteiger partial charge in [-0.3, -0.25) is 0 Å². The number of halogens is 1. The summed E-state index contributed by atoms with van der Waals surface area (Å²) in [6.45, 7) is 5.68. The second kappa shape index (κ2) is 3.35. The minimum absolute atomic E-state index is 0.212. The number of hydrogen-bond acceptors (Lipinski definition) is 2. The van der Waals surface area contributed by atoms with Gasteiger partial charge < -0.3 is 10.2 Å². The van der Waals surface area contributed by atoms with Crippen molar-refractivity contribution in [3.05, 3.63) is 34.8 Å². The smallest absolute Gasteiger partial charge is 0.170 e. The molecule has 1 unspecified atom stereocenters. The van der Waals surface area contributed by atoms with Crippen molar-refractivity contribution < 1.29 is 8.81 Å². The van der Waals surface area contributed by atoms with Gasteiger partial charge in [0.25, 0.3) is 0 Å². The zero-order valence-corrected chi connectivity index (χ0v) is 9.10. The molecule has 0 bridgehead atoms. The van der Waals surface area contributed by atoms with Gasteiger partial charge in [-0.05, 0) is 32.4 Å². The molecular weight excluding hydrogens is 193 g/mol. The topological polar surface area (TPSA) is 39.2 Å². The Morgan fingerprint density at radius 2 is 2.00 bits per heavy atom. The summed E-state index contributed by atoms with van der Waals surface area (Å²) in [7, 11) is 0. The molecule has 1 aromatic carbocycles. The van der Waals surface area contributed by atoms with Crippen LogP contribution in [0, 0.1) is 19.7 Å². The third-order valence-electron chi connectivity index (χ3n) is 2.69. The van der Waals surface area contributed by atoms with E-state index in [2.05, 4.69) is 0 Å². The molecular formula is C12H14FNO. The molecule has 2 nitrogen and oxygen atoms in total. The van der Waals surface area contributed by atoms with Crippen molar-refractivity contribution in [3.8, 4) is 0 Å². The number of rotatable bonds is 1. The zero-order valence-electron chi connectivity index (χ0n) is 9.10. The second-order valence-electron chi connectivity index (χ2n) is 3.95. The van der Waals surface area contributed by atoms with Gasteiger partial charge >= 0.3 is 0 Å². The molecule has 15 heavy (non-hydrogen) atoms. The molecule has 2 aromatic rings. The predicted molar refractivity (Wildman–Crippen MR) is 58.2 cm³/mol. The van der Waals surface area contributed by atoms with Crippen LogP contribution in [-0.2, 0) is 0 Å². The lowest BCUT2D eigenvalue weighted by Crippen LogP contribution is -2.04. The molecule has 0 saturated carbocycles. The largest absolute Gasteiger partial charge is 0.456 e. The van der Waals surface area contributed by atoms with Gasteiger partial charge in [-0.15, -0.1) is 0 Å². The summed E-state index contributed by atoms with van der Waals surface area (Å²) in [5.74, 6) is 0.337. The Kier molecular flexibility index (Phi) is 2.27. The van der Waals surface area contributed by atoms with E-state index in [0.717, 1.165) is 16.5 Å². The van der Waals surface area contributed by atoms with E-state index in [1.54, 1.807) is 6.07 Å². The van der Waals surface area contributed by atoms with E-state index in [0.29, 0.717) is 11.3 Å². The van der Waals surface area contributed by atoms with Crippen molar-refractivity contribution in [1.29, 1.82) is 0 Å². The molecule has 0 aliphatic heterocycles. The van der Waals surface area contributed by atoms with Crippen LogP contribution in [0.1, 0.15) is 29.9 Å². The molecule has 1 heterocycles. The summed E-state index contributed by atoms with van der Waals surface area (Å²) in [6, 6.07) is 2.97. The normalized spacial score (nSPS) is 13.4. The number of fused-ring (bicyclic) bond motifs is 1. The van der Waals surface area contributed by atoms with Crippen LogP contribution in [0.5, 0.6) is 0 Å². The van der Waals surface area contributed by atoms with Crippen molar-refractivity contribution in [2.45, 2.75) is 26.8 Å². The number of benzene rings is 1. The fourth-order valence-electron chi connectivity index (χ4n) is 1.97. The van der Waals surface area contributed by atoms with Crippen LogP contribution in [0.25, 0.3) is 11.0 Å². The van der Waals surface area contributed by atoms with E-state index in [4.69, 9.17) is 10.2 Å².